The Labute approximate surface area is 68.5 Å². The lowest BCUT2D eigenvalue weighted by Crippen LogP contribution is -2.23. The standard InChI is InChI=1S/C4H5OSi4/c1-3(2)5-9-4(6,7)8/h1H2,2H3. The van der Waals surface area contributed by atoms with Gasteiger partial charge in [0.05, 0.1) is 5.76 Å². The van der Waals surface area contributed by atoms with Crippen molar-refractivity contribution < 1.29 is 4.43 Å². The van der Waals surface area contributed by atoms with Gasteiger partial charge in [-0.2, -0.15) is 0 Å². The molecular weight excluding hydrogens is 176 g/mol. The molecule has 0 bridgehead atoms. The molecule has 9 heavy (non-hydrogen) atoms. The third-order valence-electron chi connectivity index (χ3n) is 0.378. The Hall–Kier alpha value is 0.408. The van der Waals surface area contributed by atoms with E-state index in [4.69, 9.17) is 4.43 Å². The molecule has 0 aliphatic carbocycles. The molecule has 5 heteroatoms. The van der Waals surface area contributed by atoms with Gasteiger partial charge in [0.15, 0.2) is 0 Å². The van der Waals surface area contributed by atoms with Crippen LogP contribution in [-0.4, -0.2) is 40.5 Å². The Morgan fingerprint density at radius 3 is 2.11 bits per heavy atom. The first kappa shape index (κ1) is 9.41. The van der Waals surface area contributed by atoms with Crippen molar-refractivity contribution in [1.29, 1.82) is 0 Å². The number of hydrogen-bond acceptors (Lipinski definition) is 1. The van der Waals surface area contributed by atoms with Crippen LogP contribution in [0.3, 0.4) is 0 Å². The topological polar surface area (TPSA) is 9.23 Å². The summed E-state index contributed by atoms with van der Waals surface area (Å²) in [6, 6.07) is 0. The highest BCUT2D eigenvalue weighted by molar-refractivity contribution is 6.79. The summed E-state index contributed by atoms with van der Waals surface area (Å²) >= 11 is 0. The lowest BCUT2D eigenvalue weighted by molar-refractivity contribution is 0.457. The second-order valence-electron chi connectivity index (χ2n) is 1.66. The van der Waals surface area contributed by atoms with Crippen LogP contribution in [0.15, 0.2) is 12.3 Å². The maximum atomic E-state index is 5.09. The first-order valence-corrected chi connectivity index (χ1v) is 4.67. The molecule has 0 N–H and O–H groups in total. The first-order valence-electron chi connectivity index (χ1n) is 2.26. The maximum Gasteiger partial charge on any atom is 0.306 e. The molecule has 0 atom stereocenters. The zero-order valence-corrected chi connectivity index (χ0v) is 9.12. The summed E-state index contributed by atoms with van der Waals surface area (Å²) in [5, 5.41) is 0. The summed E-state index contributed by atoms with van der Waals surface area (Å²) < 4.78 is 4.79. The number of rotatable bonds is 3. The molecule has 0 saturated carbocycles. The lowest BCUT2D eigenvalue weighted by Gasteiger charge is -2.14. The van der Waals surface area contributed by atoms with Crippen molar-refractivity contribution in [2.45, 2.75) is 10.8 Å². The fourth-order valence-corrected chi connectivity index (χ4v) is 0.950. The van der Waals surface area contributed by atoms with Crippen LogP contribution in [0.25, 0.3) is 0 Å². The van der Waals surface area contributed by atoms with Gasteiger partial charge < -0.3 is 4.43 Å². The molecule has 0 fully saturated rings. The van der Waals surface area contributed by atoms with Crippen LogP contribution >= 0.6 is 0 Å². The Morgan fingerprint density at radius 1 is 1.56 bits per heavy atom. The average Bonchev–Trinajstić information content (AvgIpc) is 1.59. The van der Waals surface area contributed by atoms with Crippen molar-refractivity contribution in [3.8, 4) is 0 Å². The van der Waals surface area contributed by atoms with E-state index in [-0.39, 0.29) is 13.7 Å². The minimum atomic E-state index is -0.307. The van der Waals surface area contributed by atoms with Crippen LogP contribution in [0.1, 0.15) is 6.92 Å². The highest BCUT2D eigenvalue weighted by atomic mass is 28.4. The molecule has 0 aromatic rings. The summed E-state index contributed by atoms with van der Waals surface area (Å²) in [6.45, 7) is 5.39. The van der Waals surface area contributed by atoms with E-state index in [2.05, 4.69) is 37.3 Å². The Bertz CT molecular complexity index is 106. The van der Waals surface area contributed by atoms with E-state index in [1.165, 1.54) is 0 Å². The predicted octanol–water partition coefficient (Wildman–Crippen LogP) is -0.308. The van der Waals surface area contributed by atoms with Crippen LogP contribution in [0.5, 0.6) is 0 Å². The van der Waals surface area contributed by atoms with Gasteiger partial charge in [-0.15, -0.1) is 0 Å². The highest BCUT2D eigenvalue weighted by Crippen LogP contribution is 2.06. The zero-order chi connectivity index (χ0) is 7.49. The van der Waals surface area contributed by atoms with Crippen LogP contribution in [0, 0.1) is 0 Å². The predicted molar refractivity (Wildman–Crippen MR) is 41.6 cm³/mol. The summed E-state index contributed by atoms with van der Waals surface area (Å²) in [4.78, 5) is 0. The fourth-order valence-electron chi connectivity index (χ4n) is 0.164. The van der Waals surface area contributed by atoms with Gasteiger partial charge in [0.1, 0.15) is 0 Å². The minimum absolute atomic E-state index is 0.263. The van der Waals surface area contributed by atoms with E-state index in [1.807, 2.05) is 6.92 Å². The van der Waals surface area contributed by atoms with Crippen LogP contribution < -0.4 is 0 Å². The Morgan fingerprint density at radius 2 is 2.00 bits per heavy atom. The Balaban J connectivity index is 3.39. The molecule has 0 heterocycles. The van der Waals surface area contributed by atoms with Gasteiger partial charge in [0, 0.05) is 30.7 Å². The molecule has 43 valence electrons. The normalized spacial score (nSPS) is 11.1. The first-order chi connectivity index (χ1) is 3.92. The molecule has 0 unspecified atom stereocenters. The van der Waals surface area contributed by atoms with Crippen LogP contribution in [0.4, 0.5) is 0 Å². The molecule has 0 spiro atoms. The van der Waals surface area contributed by atoms with Crippen molar-refractivity contribution >= 4 is 40.5 Å². The molecule has 0 saturated heterocycles. The smallest absolute Gasteiger partial charge is 0.306 e. The molecule has 1 nitrogen and oxygen atoms in total. The lowest BCUT2D eigenvalue weighted by atomic mass is 10.7. The molecule has 11 radical (unpaired) electrons. The monoisotopic (exact) mass is 181 g/mol. The molecule has 0 aromatic carbocycles. The quantitative estimate of drug-likeness (QED) is 0.429. The number of hydrogen-bond donors (Lipinski definition) is 0. The SMILES string of the molecule is C=C(C)O[Si]C([Si])([Si])[Si]. The Kier molecular flexibility index (Phi) is 3.71. The van der Waals surface area contributed by atoms with Crippen molar-refractivity contribution in [2.24, 2.45) is 0 Å². The van der Waals surface area contributed by atoms with Crippen LogP contribution in [-0.2, 0) is 4.43 Å². The summed E-state index contributed by atoms with van der Waals surface area (Å²) in [6.07, 6.45) is 0. The molecule has 0 aromatic heterocycles. The van der Waals surface area contributed by atoms with E-state index >= 15 is 0 Å². The molecular formula is C4H5OSi4. The van der Waals surface area contributed by atoms with E-state index in [0.717, 1.165) is 0 Å². The number of allylic oxidation sites excluding steroid dienone is 1. The molecule has 0 amide bonds. The van der Waals surface area contributed by atoms with Crippen molar-refractivity contribution in [3.63, 3.8) is 0 Å². The third kappa shape index (κ3) is 8.41. The summed E-state index contributed by atoms with van der Waals surface area (Å²) in [7, 11) is 10.2. The molecule has 0 aliphatic heterocycles. The third-order valence-corrected chi connectivity index (χ3v) is 2.05. The van der Waals surface area contributed by atoms with Gasteiger partial charge in [-0.05, 0) is 10.8 Å². The van der Waals surface area contributed by atoms with Gasteiger partial charge in [-0.25, -0.2) is 0 Å². The van der Waals surface area contributed by atoms with Crippen molar-refractivity contribution in [1.82, 2.24) is 0 Å². The summed E-state index contributed by atoms with van der Waals surface area (Å²) in [5.41, 5.74) is 0. The van der Waals surface area contributed by atoms with Gasteiger partial charge in [0.25, 0.3) is 0 Å². The average molecular weight is 181 g/mol. The van der Waals surface area contributed by atoms with Crippen molar-refractivity contribution in [3.05, 3.63) is 12.3 Å². The highest BCUT2D eigenvalue weighted by Gasteiger charge is 2.14. The van der Waals surface area contributed by atoms with E-state index in [0.29, 0.717) is 5.76 Å². The van der Waals surface area contributed by atoms with Gasteiger partial charge >= 0.3 is 9.76 Å². The largest absolute Gasteiger partial charge is 0.545 e. The van der Waals surface area contributed by atoms with Gasteiger partial charge in [-0.3, -0.25) is 0 Å². The van der Waals surface area contributed by atoms with Gasteiger partial charge in [-0.1, -0.05) is 6.58 Å². The second kappa shape index (κ2) is 3.55. The van der Waals surface area contributed by atoms with Crippen molar-refractivity contribution in [2.75, 3.05) is 0 Å². The fraction of sp³-hybridized carbons (Fsp3) is 0.500. The van der Waals surface area contributed by atoms with E-state index in [1.54, 1.807) is 0 Å². The van der Waals surface area contributed by atoms with Crippen LogP contribution in [0.2, 0.25) is 3.91 Å². The minimum Gasteiger partial charge on any atom is -0.545 e. The van der Waals surface area contributed by atoms with E-state index in [9.17, 15) is 0 Å². The molecule has 0 rings (SSSR count). The second-order valence-corrected chi connectivity index (χ2v) is 8.06. The summed E-state index contributed by atoms with van der Waals surface area (Å²) in [5.74, 6) is 0.715. The molecule has 0 aliphatic rings. The van der Waals surface area contributed by atoms with Gasteiger partial charge in [0.2, 0.25) is 0 Å². The maximum absolute atomic E-state index is 5.09. The zero-order valence-electron chi connectivity index (χ0n) is 5.12. The van der Waals surface area contributed by atoms with E-state index < -0.39 is 0 Å².